The van der Waals surface area contributed by atoms with Crippen molar-refractivity contribution in [1.29, 1.82) is 0 Å². The number of hydrogen-bond donors (Lipinski definition) is 2. The van der Waals surface area contributed by atoms with Gasteiger partial charge in [0.2, 0.25) is 0 Å². The summed E-state index contributed by atoms with van der Waals surface area (Å²) >= 11 is 5.92. The van der Waals surface area contributed by atoms with E-state index in [1.54, 1.807) is 0 Å². The molecule has 0 saturated heterocycles. The average Bonchev–Trinajstić information content (AvgIpc) is 2.78. The minimum atomic E-state index is -0.572. The molecule has 1 aliphatic carbocycles. The third-order valence-electron chi connectivity index (χ3n) is 3.40. The lowest BCUT2D eigenvalue weighted by atomic mass is 9.99. The Morgan fingerprint density at radius 3 is 2.67 bits per heavy atom. The van der Waals surface area contributed by atoms with E-state index >= 15 is 0 Å². The van der Waals surface area contributed by atoms with Crippen LogP contribution in [0.25, 0.3) is 0 Å². The summed E-state index contributed by atoms with van der Waals surface area (Å²) in [6.45, 7) is 0. The van der Waals surface area contributed by atoms with Gasteiger partial charge in [-0.1, -0.05) is 12.8 Å². The number of phenols is 1. The Hall–Kier alpha value is -1.29. The molecule has 18 heavy (non-hydrogen) atoms. The predicted molar refractivity (Wildman–Crippen MR) is 67.5 cm³/mol. The molecule has 1 aromatic rings. The fraction of sp³-hybridized carbons (Fsp3) is 0.462. The Morgan fingerprint density at radius 1 is 1.44 bits per heavy atom. The van der Waals surface area contributed by atoms with Crippen molar-refractivity contribution in [2.45, 2.75) is 31.2 Å². The lowest BCUT2D eigenvalue weighted by Gasteiger charge is -2.28. The van der Waals surface area contributed by atoms with Crippen LogP contribution in [-0.2, 0) is 0 Å². The number of nitrogens with one attached hydrogen (secondary N) is 1. The van der Waals surface area contributed by atoms with Crippen LogP contribution in [0, 0.1) is 5.82 Å². The zero-order valence-corrected chi connectivity index (χ0v) is 10.6. The summed E-state index contributed by atoms with van der Waals surface area (Å²) in [5, 5.41) is 12.4. The van der Waals surface area contributed by atoms with Crippen molar-refractivity contribution in [2.24, 2.45) is 0 Å². The predicted octanol–water partition coefficient (Wildman–Crippen LogP) is 2.81. The van der Waals surface area contributed by atoms with E-state index in [4.69, 9.17) is 11.6 Å². The van der Waals surface area contributed by atoms with Crippen molar-refractivity contribution in [3.8, 4) is 5.75 Å². The number of halogens is 2. The summed E-state index contributed by atoms with van der Waals surface area (Å²) in [5.74, 6) is -0.983. The van der Waals surface area contributed by atoms with Crippen molar-refractivity contribution < 1.29 is 14.3 Å². The number of phenolic OH excluding ortho intramolecular Hbond substituents is 1. The number of alkyl halides is 1. The fourth-order valence-corrected chi connectivity index (χ4v) is 2.68. The number of carbonyl (C=O) groups excluding carboxylic acids is 1. The van der Waals surface area contributed by atoms with Gasteiger partial charge in [-0.3, -0.25) is 4.79 Å². The summed E-state index contributed by atoms with van der Waals surface area (Å²) < 4.78 is 12.8. The Kier molecular flexibility index (Phi) is 3.76. The third kappa shape index (κ3) is 2.58. The first-order valence-electron chi connectivity index (χ1n) is 5.93. The van der Waals surface area contributed by atoms with Crippen LogP contribution < -0.4 is 5.32 Å². The van der Waals surface area contributed by atoms with Gasteiger partial charge in [0.05, 0.1) is 11.1 Å². The maximum Gasteiger partial charge on any atom is 0.255 e. The normalized spacial score (nSPS) is 17.7. The van der Waals surface area contributed by atoms with Gasteiger partial charge in [-0.15, -0.1) is 11.6 Å². The second-order valence-corrected chi connectivity index (χ2v) is 5.00. The number of hydrogen-bond acceptors (Lipinski definition) is 2. The van der Waals surface area contributed by atoms with E-state index in [1.807, 2.05) is 0 Å². The van der Waals surface area contributed by atoms with E-state index < -0.39 is 11.7 Å². The van der Waals surface area contributed by atoms with E-state index in [0.717, 1.165) is 37.8 Å². The van der Waals surface area contributed by atoms with Gasteiger partial charge >= 0.3 is 0 Å². The molecule has 2 rings (SSSR count). The topological polar surface area (TPSA) is 49.3 Å². The van der Waals surface area contributed by atoms with E-state index in [1.165, 1.54) is 6.07 Å². The highest BCUT2D eigenvalue weighted by Gasteiger charge is 2.35. The summed E-state index contributed by atoms with van der Waals surface area (Å²) in [6, 6.07) is 3.35. The molecule has 1 aromatic carbocycles. The quantitative estimate of drug-likeness (QED) is 0.831. The molecular formula is C13H15ClFNO2. The molecule has 1 saturated carbocycles. The number of rotatable bonds is 3. The fourth-order valence-electron chi connectivity index (χ4n) is 2.35. The molecule has 1 amide bonds. The van der Waals surface area contributed by atoms with E-state index in [9.17, 15) is 14.3 Å². The summed E-state index contributed by atoms with van der Waals surface area (Å²) in [6.07, 6.45) is 3.74. The van der Waals surface area contributed by atoms with Crippen molar-refractivity contribution in [3.63, 3.8) is 0 Å². The maximum atomic E-state index is 12.8. The number of aromatic hydroxyl groups is 1. The van der Waals surface area contributed by atoms with Crippen molar-refractivity contribution in [3.05, 3.63) is 29.6 Å². The molecular weight excluding hydrogens is 257 g/mol. The Bertz CT molecular complexity index is 458. The van der Waals surface area contributed by atoms with Gasteiger partial charge in [0.25, 0.3) is 5.91 Å². The molecule has 0 radical (unpaired) electrons. The van der Waals surface area contributed by atoms with Gasteiger partial charge < -0.3 is 10.4 Å². The highest BCUT2D eigenvalue weighted by atomic mass is 35.5. The largest absolute Gasteiger partial charge is 0.507 e. The molecule has 0 bridgehead atoms. The molecule has 0 aromatic heterocycles. The van der Waals surface area contributed by atoms with Crippen LogP contribution in [-0.4, -0.2) is 22.4 Å². The second-order valence-electron chi connectivity index (χ2n) is 4.74. The van der Waals surface area contributed by atoms with Gasteiger partial charge in [-0.05, 0) is 25.0 Å². The molecule has 0 unspecified atom stereocenters. The standard InChI is InChI=1S/C13H15ClFNO2/c14-8-13(5-1-2-6-13)16-12(18)10-4-3-9(15)7-11(10)17/h3-4,7,17H,1-2,5-6,8H2,(H,16,18). The van der Waals surface area contributed by atoms with E-state index in [2.05, 4.69) is 5.32 Å². The Labute approximate surface area is 110 Å². The van der Waals surface area contributed by atoms with Gasteiger partial charge in [0, 0.05) is 11.9 Å². The average molecular weight is 272 g/mol. The molecule has 98 valence electrons. The second kappa shape index (κ2) is 5.14. The monoisotopic (exact) mass is 271 g/mol. The first-order chi connectivity index (χ1) is 8.56. The minimum absolute atomic E-state index is 0.0767. The lowest BCUT2D eigenvalue weighted by Crippen LogP contribution is -2.47. The van der Waals surface area contributed by atoms with Gasteiger partial charge in [0.1, 0.15) is 11.6 Å². The molecule has 0 atom stereocenters. The first kappa shape index (κ1) is 13.1. The minimum Gasteiger partial charge on any atom is -0.507 e. The SMILES string of the molecule is O=C(NC1(CCl)CCCC1)c1ccc(F)cc1O. The number of amides is 1. The number of benzene rings is 1. The van der Waals surface area contributed by atoms with Gasteiger partial charge in [-0.2, -0.15) is 0 Å². The van der Waals surface area contributed by atoms with E-state index in [0.29, 0.717) is 5.88 Å². The van der Waals surface area contributed by atoms with Crippen molar-refractivity contribution >= 4 is 17.5 Å². The smallest absolute Gasteiger partial charge is 0.255 e. The first-order valence-corrected chi connectivity index (χ1v) is 6.47. The number of carbonyl (C=O) groups is 1. The van der Waals surface area contributed by atoms with Gasteiger partial charge in [0.15, 0.2) is 0 Å². The Balaban J connectivity index is 2.16. The molecule has 0 spiro atoms. The Morgan fingerprint density at radius 2 is 2.11 bits per heavy atom. The maximum absolute atomic E-state index is 12.8. The highest BCUT2D eigenvalue weighted by molar-refractivity contribution is 6.19. The van der Waals surface area contributed by atoms with Crippen LogP contribution in [0.2, 0.25) is 0 Å². The molecule has 3 nitrogen and oxygen atoms in total. The molecule has 1 aliphatic rings. The lowest BCUT2D eigenvalue weighted by molar-refractivity contribution is 0.0906. The third-order valence-corrected chi connectivity index (χ3v) is 3.91. The van der Waals surface area contributed by atoms with E-state index in [-0.39, 0.29) is 16.9 Å². The van der Waals surface area contributed by atoms with Crippen LogP contribution in [0.4, 0.5) is 4.39 Å². The molecule has 1 fully saturated rings. The molecule has 0 aliphatic heterocycles. The summed E-state index contributed by atoms with van der Waals surface area (Å²) in [5.41, 5.74) is -0.313. The van der Waals surface area contributed by atoms with Crippen LogP contribution in [0.1, 0.15) is 36.0 Å². The molecule has 5 heteroatoms. The van der Waals surface area contributed by atoms with Crippen molar-refractivity contribution in [1.82, 2.24) is 5.32 Å². The van der Waals surface area contributed by atoms with Crippen molar-refractivity contribution in [2.75, 3.05) is 5.88 Å². The summed E-state index contributed by atoms with van der Waals surface area (Å²) in [7, 11) is 0. The molecule has 0 heterocycles. The van der Waals surface area contributed by atoms with Crippen LogP contribution >= 0.6 is 11.6 Å². The van der Waals surface area contributed by atoms with Crippen LogP contribution in [0.5, 0.6) is 5.75 Å². The van der Waals surface area contributed by atoms with Crippen LogP contribution in [0.3, 0.4) is 0 Å². The zero-order valence-electron chi connectivity index (χ0n) is 9.88. The van der Waals surface area contributed by atoms with Gasteiger partial charge in [-0.25, -0.2) is 4.39 Å². The van der Waals surface area contributed by atoms with Crippen LogP contribution in [0.15, 0.2) is 18.2 Å². The highest BCUT2D eigenvalue weighted by Crippen LogP contribution is 2.31. The molecule has 2 N–H and O–H groups in total. The zero-order chi connectivity index (χ0) is 13.2. The summed E-state index contributed by atoms with van der Waals surface area (Å²) in [4.78, 5) is 12.0.